The molecule has 5 rings (SSSR count). The van der Waals surface area contributed by atoms with Crippen LogP contribution in [-0.2, 0) is 12.8 Å². The number of aryl methyl sites for hydroxylation is 1. The number of ether oxygens (including phenoxy) is 1. The highest BCUT2D eigenvalue weighted by Gasteiger charge is 2.32. The molecule has 0 saturated heterocycles. The van der Waals surface area contributed by atoms with Crippen molar-refractivity contribution in [1.82, 2.24) is 0 Å². The molecule has 0 aliphatic heterocycles. The average molecular weight is 400 g/mol. The van der Waals surface area contributed by atoms with E-state index in [1.54, 1.807) is 13.2 Å². The molecule has 3 aromatic carbocycles. The number of para-hydroxylation sites is 1. The van der Waals surface area contributed by atoms with Crippen molar-refractivity contribution in [2.45, 2.75) is 38.5 Å². The Morgan fingerprint density at radius 1 is 1.07 bits per heavy atom. The first kappa shape index (κ1) is 18.7. The third kappa shape index (κ3) is 3.04. The van der Waals surface area contributed by atoms with Crippen molar-refractivity contribution in [2.24, 2.45) is 0 Å². The minimum Gasteiger partial charge on any atom is -0.508 e. The predicted octanol–water partition coefficient (Wildman–Crippen LogP) is 5.69. The molecule has 4 heteroatoms. The number of phenolic OH excluding ortho intramolecular Hbond substituents is 1. The molecule has 0 amide bonds. The van der Waals surface area contributed by atoms with Gasteiger partial charge in [0, 0.05) is 28.3 Å². The SMILES string of the molecule is CCc1ccc2c(c1)c(=O)oc1c(Cc3ccccc3O)c(C3CC3)c(OC)cc12. The van der Waals surface area contributed by atoms with Crippen molar-refractivity contribution < 1.29 is 14.3 Å². The Hall–Kier alpha value is -3.27. The Morgan fingerprint density at radius 3 is 2.57 bits per heavy atom. The highest BCUT2D eigenvalue weighted by atomic mass is 16.5. The summed E-state index contributed by atoms with van der Waals surface area (Å²) in [5.41, 5.74) is 4.22. The molecule has 0 unspecified atom stereocenters. The van der Waals surface area contributed by atoms with Crippen molar-refractivity contribution in [3.63, 3.8) is 0 Å². The van der Waals surface area contributed by atoms with Gasteiger partial charge in [-0.15, -0.1) is 0 Å². The summed E-state index contributed by atoms with van der Waals surface area (Å²) in [6.45, 7) is 2.07. The summed E-state index contributed by atoms with van der Waals surface area (Å²) >= 11 is 0. The molecule has 0 bridgehead atoms. The summed E-state index contributed by atoms with van der Waals surface area (Å²) in [6.07, 6.45) is 3.52. The third-order valence-corrected chi connectivity index (χ3v) is 6.15. The number of benzene rings is 3. The van der Waals surface area contributed by atoms with Crippen molar-refractivity contribution >= 4 is 21.7 Å². The molecule has 1 N–H and O–H groups in total. The number of hydrogen-bond acceptors (Lipinski definition) is 4. The minimum absolute atomic E-state index is 0.242. The Balaban J connectivity index is 1.86. The van der Waals surface area contributed by atoms with Gasteiger partial charge in [0.05, 0.1) is 12.5 Å². The summed E-state index contributed by atoms with van der Waals surface area (Å²) in [5, 5.41) is 12.7. The molecule has 4 aromatic rings. The lowest BCUT2D eigenvalue weighted by molar-refractivity contribution is 0.409. The smallest absolute Gasteiger partial charge is 0.344 e. The number of methoxy groups -OCH3 is 1. The zero-order chi connectivity index (χ0) is 20.8. The molecule has 1 aliphatic rings. The van der Waals surface area contributed by atoms with Crippen molar-refractivity contribution in [3.05, 3.63) is 81.2 Å². The van der Waals surface area contributed by atoms with E-state index in [1.807, 2.05) is 36.4 Å². The number of aromatic hydroxyl groups is 1. The molecule has 0 radical (unpaired) electrons. The molecule has 1 heterocycles. The van der Waals surface area contributed by atoms with Gasteiger partial charge in [-0.1, -0.05) is 37.3 Å². The zero-order valence-electron chi connectivity index (χ0n) is 17.2. The quantitative estimate of drug-likeness (QED) is 0.345. The maximum atomic E-state index is 12.9. The first-order chi connectivity index (χ1) is 14.6. The van der Waals surface area contributed by atoms with Crippen LogP contribution in [0.2, 0.25) is 0 Å². The van der Waals surface area contributed by atoms with E-state index in [0.717, 1.165) is 58.0 Å². The van der Waals surface area contributed by atoms with E-state index in [9.17, 15) is 9.90 Å². The van der Waals surface area contributed by atoms with Crippen LogP contribution in [0.15, 0.2) is 57.7 Å². The largest absolute Gasteiger partial charge is 0.508 e. The molecule has 0 atom stereocenters. The zero-order valence-corrected chi connectivity index (χ0v) is 17.2. The second-order valence-corrected chi connectivity index (χ2v) is 8.05. The van der Waals surface area contributed by atoms with E-state index in [0.29, 0.717) is 23.3 Å². The Bertz CT molecular complexity index is 1330. The maximum absolute atomic E-state index is 12.9. The van der Waals surface area contributed by atoms with Crippen molar-refractivity contribution in [3.8, 4) is 11.5 Å². The second kappa shape index (κ2) is 7.21. The van der Waals surface area contributed by atoms with E-state index in [2.05, 4.69) is 13.0 Å². The van der Waals surface area contributed by atoms with E-state index in [-0.39, 0.29) is 11.4 Å². The highest BCUT2D eigenvalue weighted by molar-refractivity contribution is 6.06. The van der Waals surface area contributed by atoms with Crippen LogP contribution in [-0.4, -0.2) is 12.2 Å². The van der Waals surface area contributed by atoms with E-state index in [4.69, 9.17) is 9.15 Å². The Morgan fingerprint density at radius 2 is 1.87 bits per heavy atom. The van der Waals surface area contributed by atoms with Crippen LogP contribution >= 0.6 is 0 Å². The van der Waals surface area contributed by atoms with Gasteiger partial charge in [0.15, 0.2) is 0 Å². The number of rotatable bonds is 5. The summed E-state index contributed by atoms with van der Waals surface area (Å²) in [4.78, 5) is 12.9. The van der Waals surface area contributed by atoms with E-state index in [1.165, 1.54) is 0 Å². The van der Waals surface area contributed by atoms with Crippen molar-refractivity contribution in [1.29, 1.82) is 0 Å². The Labute approximate surface area is 174 Å². The Kier molecular flexibility index (Phi) is 4.50. The van der Waals surface area contributed by atoms with Gasteiger partial charge in [-0.3, -0.25) is 0 Å². The van der Waals surface area contributed by atoms with Gasteiger partial charge in [0.2, 0.25) is 0 Å². The fourth-order valence-electron chi connectivity index (χ4n) is 4.40. The molecular weight excluding hydrogens is 376 g/mol. The molecular formula is C26H24O4. The topological polar surface area (TPSA) is 59.7 Å². The molecule has 1 aromatic heterocycles. The second-order valence-electron chi connectivity index (χ2n) is 8.05. The molecule has 1 aliphatic carbocycles. The van der Waals surface area contributed by atoms with Crippen LogP contribution in [0.25, 0.3) is 21.7 Å². The predicted molar refractivity (Wildman–Crippen MR) is 119 cm³/mol. The number of phenols is 1. The average Bonchev–Trinajstić information content (AvgIpc) is 3.60. The molecule has 0 spiro atoms. The molecule has 1 fully saturated rings. The molecule has 152 valence electrons. The van der Waals surface area contributed by atoms with Crippen LogP contribution in [0.1, 0.15) is 47.9 Å². The van der Waals surface area contributed by atoms with E-state index >= 15 is 0 Å². The van der Waals surface area contributed by atoms with Gasteiger partial charge < -0.3 is 14.3 Å². The molecule has 30 heavy (non-hydrogen) atoms. The first-order valence-electron chi connectivity index (χ1n) is 10.5. The normalized spacial score (nSPS) is 13.8. The monoisotopic (exact) mass is 400 g/mol. The van der Waals surface area contributed by atoms with Crippen LogP contribution in [0.4, 0.5) is 0 Å². The van der Waals surface area contributed by atoms with Crippen LogP contribution in [0.3, 0.4) is 0 Å². The van der Waals surface area contributed by atoms with Crippen LogP contribution in [0.5, 0.6) is 11.5 Å². The highest BCUT2D eigenvalue weighted by Crippen LogP contribution is 2.49. The van der Waals surface area contributed by atoms with Crippen LogP contribution < -0.4 is 10.4 Å². The van der Waals surface area contributed by atoms with Gasteiger partial charge in [-0.2, -0.15) is 0 Å². The van der Waals surface area contributed by atoms with Gasteiger partial charge in [-0.25, -0.2) is 4.79 Å². The maximum Gasteiger partial charge on any atom is 0.344 e. The molecule has 4 nitrogen and oxygen atoms in total. The third-order valence-electron chi connectivity index (χ3n) is 6.15. The lowest BCUT2D eigenvalue weighted by Crippen LogP contribution is -2.06. The summed E-state index contributed by atoms with van der Waals surface area (Å²) in [5.74, 6) is 1.46. The standard InChI is InChI=1S/C26H24O4/c1-3-15-8-11-18-19-14-23(29-2)24(16-9-10-16)21(13-17-6-4-5-7-22(17)27)25(19)30-26(28)20(18)12-15/h4-8,11-12,14,16,27H,3,9-10,13H2,1-2H3. The van der Waals surface area contributed by atoms with Gasteiger partial charge in [0.25, 0.3) is 0 Å². The minimum atomic E-state index is -0.321. The lowest BCUT2D eigenvalue weighted by Gasteiger charge is -2.17. The summed E-state index contributed by atoms with van der Waals surface area (Å²) in [7, 11) is 1.69. The summed E-state index contributed by atoms with van der Waals surface area (Å²) < 4.78 is 11.7. The fourth-order valence-corrected chi connectivity index (χ4v) is 4.40. The number of hydrogen-bond donors (Lipinski definition) is 1. The first-order valence-corrected chi connectivity index (χ1v) is 10.5. The van der Waals surface area contributed by atoms with Gasteiger partial charge in [0.1, 0.15) is 17.1 Å². The lowest BCUT2D eigenvalue weighted by atomic mass is 9.91. The fraction of sp³-hybridized carbons (Fsp3) is 0.269. The van der Waals surface area contributed by atoms with Crippen molar-refractivity contribution in [2.75, 3.05) is 7.11 Å². The van der Waals surface area contributed by atoms with Gasteiger partial charge in [-0.05, 0) is 54.5 Å². The number of fused-ring (bicyclic) bond motifs is 3. The van der Waals surface area contributed by atoms with Crippen LogP contribution in [0, 0.1) is 0 Å². The van der Waals surface area contributed by atoms with E-state index < -0.39 is 0 Å². The molecule has 1 saturated carbocycles. The summed E-state index contributed by atoms with van der Waals surface area (Å²) in [6, 6.07) is 15.3. The van der Waals surface area contributed by atoms with Gasteiger partial charge >= 0.3 is 5.63 Å².